The van der Waals surface area contributed by atoms with Gasteiger partial charge in [-0.05, 0) is 42.3 Å². The number of guanidine groups is 1. The molecular weight excluding hydrogens is 406 g/mol. The smallest absolute Gasteiger partial charge is 0.337 e. The molecule has 0 fully saturated rings. The Kier molecular flexibility index (Phi) is 5.55. The third-order valence-electron chi connectivity index (χ3n) is 5.23. The first kappa shape index (κ1) is 20.1. The number of halogens is 1. The normalized spacial score (nSPS) is 19.1. The van der Waals surface area contributed by atoms with Crippen LogP contribution in [-0.4, -0.2) is 37.8 Å². The minimum atomic E-state index is -0.401. The van der Waals surface area contributed by atoms with Gasteiger partial charge in [-0.2, -0.15) is 0 Å². The Balaban J connectivity index is 1.66. The van der Waals surface area contributed by atoms with Gasteiger partial charge in [0.25, 0.3) is 0 Å². The number of nitrogens with one attached hydrogen (secondary N) is 1. The van der Waals surface area contributed by atoms with Gasteiger partial charge in [0.05, 0.1) is 25.3 Å². The van der Waals surface area contributed by atoms with Crippen molar-refractivity contribution in [2.45, 2.75) is 19.5 Å². The molecule has 2 aromatic carbocycles. The molecule has 0 bridgehead atoms. The molecule has 0 aliphatic carbocycles. The number of fused-ring (bicyclic) bond motifs is 1. The largest absolute Gasteiger partial charge is 0.466 e. The van der Waals surface area contributed by atoms with Crippen molar-refractivity contribution in [3.8, 4) is 11.5 Å². The van der Waals surface area contributed by atoms with Crippen LogP contribution in [0.1, 0.15) is 24.1 Å². The van der Waals surface area contributed by atoms with Crippen LogP contribution >= 0.6 is 11.6 Å². The molecule has 0 spiro atoms. The molecule has 2 aliphatic rings. The molecule has 4 rings (SSSR count). The van der Waals surface area contributed by atoms with Crippen LogP contribution in [0.2, 0.25) is 5.02 Å². The number of carbonyl (C=O) groups is 1. The third-order valence-corrected chi connectivity index (χ3v) is 5.48. The summed E-state index contributed by atoms with van der Waals surface area (Å²) in [6.07, 6.45) is 0. The number of aliphatic imine (C=N–C) groups is 1. The maximum absolute atomic E-state index is 12.5. The Hall–Kier alpha value is -3.19. The summed E-state index contributed by atoms with van der Waals surface area (Å²) in [6.45, 7) is 2.56. The lowest BCUT2D eigenvalue weighted by Gasteiger charge is -2.36. The minimum absolute atomic E-state index is 0.237. The van der Waals surface area contributed by atoms with E-state index in [1.165, 1.54) is 7.11 Å². The van der Waals surface area contributed by atoms with Gasteiger partial charge in [-0.15, -0.1) is 0 Å². The molecule has 8 heteroatoms. The number of rotatable bonds is 4. The van der Waals surface area contributed by atoms with Gasteiger partial charge in [-0.3, -0.25) is 0 Å². The second-order valence-corrected chi connectivity index (χ2v) is 7.44. The number of hydrogen-bond acceptors (Lipinski definition) is 5. The van der Waals surface area contributed by atoms with Gasteiger partial charge < -0.3 is 24.4 Å². The van der Waals surface area contributed by atoms with E-state index in [-0.39, 0.29) is 12.8 Å². The summed E-state index contributed by atoms with van der Waals surface area (Å²) in [4.78, 5) is 19.1. The fourth-order valence-electron chi connectivity index (χ4n) is 3.48. The Labute approximate surface area is 179 Å². The fourth-order valence-corrected chi connectivity index (χ4v) is 3.61. The molecule has 0 aromatic heterocycles. The second kappa shape index (κ2) is 8.28. The summed E-state index contributed by atoms with van der Waals surface area (Å²) in [7, 11) is 3.24. The van der Waals surface area contributed by atoms with Crippen LogP contribution in [0.4, 0.5) is 0 Å². The maximum atomic E-state index is 12.5. The van der Waals surface area contributed by atoms with E-state index >= 15 is 0 Å². The molecule has 0 saturated heterocycles. The van der Waals surface area contributed by atoms with Gasteiger partial charge in [0, 0.05) is 17.8 Å². The number of nitrogens with zero attached hydrogens (tertiary/aromatic N) is 2. The summed E-state index contributed by atoms with van der Waals surface area (Å²) >= 11 is 6.04. The first-order chi connectivity index (χ1) is 14.5. The van der Waals surface area contributed by atoms with Crippen LogP contribution in [0.3, 0.4) is 0 Å². The topological polar surface area (TPSA) is 72.4 Å². The monoisotopic (exact) mass is 427 g/mol. The average Bonchev–Trinajstić information content (AvgIpc) is 3.22. The Morgan fingerprint density at radius 2 is 1.97 bits per heavy atom. The zero-order valence-corrected chi connectivity index (χ0v) is 17.7. The molecule has 1 N–H and O–H groups in total. The minimum Gasteiger partial charge on any atom is -0.466 e. The van der Waals surface area contributed by atoms with Crippen molar-refractivity contribution >= 4 is 23.5 Å². The van der Waals surface area contributed by atoms with Crippen molar-refractivity contribution < 1.29 is 19.0 Å². The number of methoxy groups -OCH3 is 1. The highest BCUT2D eigenvalue weighted by Gasteiger charge is 2.33. The SMILES string of the molecule is COC(=O)C1=C(C)N(C)C(=NCc2ccc3c(c2)OCO3)NC1c1ccc(Cl)cc1. The number of allylic oxidation sites excluding steroid dienone is 1. The third kappa shape index (κ3) is 3.80. The predicted octanol–water partition coefficient (Wildman–Crippen LogP) is 3.65. The van der Waals surface area contributed by atoms with Gasteiger partial charge in [0.2, 0.25) is 6.79 Å². The van der Waals surface area contributed by atoms with Crippen molar-refractivity contribution in [3.05, 3.63) is 69.9 Å². The standard InChI is InChI=1S/C22H22ClN3O4/c1-13-19(21(27)28-3)20(15-5-7-16(23)8-6-15)25-22(26(13)2)24-11-14-4-9-17-18(10-14)30-12-29-17/h4-10,20H,11-12H2,1-3H3,(H,24,25). The molecule has 30 heavy (non-hydrogen) atoms. The molecule has 0 radical (unpaired) electrons. The lowest BCUT2D eigenvalue weighted by Crippen LogP contribution is -2.47. The molecular formula is C22H22ClN3O4. The highest BCUT2D eigenvalue weighted by Crippen LogP contribution is 2.33. The first-order valence-corrected chi connectivity index (χ1v) is 9.83. The average molecular weight is 428 g/mol. The van der Waals surface area contributed by atoms with Gasteiger partial charge in [0.1, 0.15) is 0 Å². The lowest BCUT2D eigenvalue weighted by molar-refractivity contribution is -0.136. The van der Waals surface area contributed by atoms with E-state index in [0.717, 1.165) is 28.3 Å². The summed E-state index contributed by atoms with van der Waals surface area (Å²) in [5.41, 5.74) is 3.18. The molecule has 1 unspecified atom stereocenters. The van der Waals surface area contributed by atoms with E-state index in [1.807, 2.05) is 49.2 Å². The molecule has 2 heterocycles. The van der Waals surface area contributed by atoms with Crippen molar-refractivity contribution in [2.75, 3.05) is 21.0 Å². The first-order valence-electron chi connectivity index (χ1n) is 9.45. The molecule has 0 saturated carbocycles. The van der Waals surface area contributed by atoms with E-state index in [4.69, 9.17) is 30.8 Å². The van der Waals surface area contributed by atoms with Crippen molar-refractivity contribution in [3.63, 3.8) is 0 Å². The number of hydrogen-bond donors (Lipinski definition) is 1. The molecule has 2 aromatic rings. The highest BCUT2D eigenvalue weighted by molar-refractivity contribution is 6.30. The molecule has 2 aliphatic heterocycles. The lowest BCUT2D eigenvalue weighted by atomic mass is 9.95. The number of esters is 1. The molecule has 156 valence electrons. The molecule has 1 atom stereocenters. The van der Waals surface area contributed by atoms with Crippen LogP contribution < -0.4 is 14.8 Å². The Morgan fingerprint density at radius 3 is 2.70 bits per heavy atom. The van der Waals surface area contributed by atoms with Gasteiger partial charge in [-0.25, -0.2) is 9.79 Å². The van der Waals surface area contributed by atoms with Gasteiger partial charge in [-0.1, -0.05) is 29.8 Å². The van der Waals surface area contributed by atoms with Crippen LogP contribution in [0.15, 0.2) is 58.7 Å². The van der Waals surface area contributed by atoms with E-state index < -0.39 is 6.04 Å². The molecule has 7 nitrogen and oxygen atoms in total. The molecule has 0 amide bonds. The van der Waals surface area contributed by atoms with E-state index in [0.29, 0.717) is 23.1 Å². The van der Waals surface area contributed by atoms with E-state index in [9.17, 15) is 4.79 Å². The Bertz CT molecular complexity index is 1030. The van der Waals surface area contributed by atoms with Gasteiger partial charge >= 0.3 is 5.97 Å². The zero-order valence-electron chi connectivity index (χ0n) is 16.9. The van der Waals surface area contributed by atoms with Gasteiger partial charge in [0.15, 0.2) is 17.5 Å². The van der Waals surface area contributed by atoms with E-state index in [2.05, 4.69) is 5.32 Å². The Morgan fingerprint density at radius 1 is 1.23 bits per heavy atom. The van der Waals surface area contributed by atoms with Crippen molar-refractivity contribution in [1.29, 1.82) is 0 Å². The van der Waals surface area contributed by atoms with Crippen LogP contribution in [0.5, 0.6) is 11.5 Å². The summed E-state index contributed by atoms with van der Waals surface area (Å²) in [5.74, 6) is 1.73. The van der Waals surface area contributed by atoms with Crippen molar-refractivity contribution in [1.82, 2.24) is 10.2 Å². The number of carbonyl (C=O) groups excluding carboxylic acids is 1. The zero-order chi connectivity index (χ0) is 21.3. The van der Waals surface area contributed by atoms with Crippen molar-refractivity contribution in [2.24, 2.45) is 4.99 Å². The quantitative estimate of drug-likeness (QED) is 0.751. The van der Waals surface area contributed by atoms with E-state index in [1.54, 1.807) is 12.1 Å². The fraction of sp³-hybridized carbons (Fsp3) is 0.273. The summed E-state index contributed by atoms with van der Waals surface area (Å²) in [6, 6.07) is 12.7. The second-order valence-electron chi connectivity index (χ2n) is 7.01. The number of ether oxygens (including phenoxy) is 3. The number of benzene rings is 2. The maximum Gasteiger partial charge on any atom is 0.337 e. The summed E-state index contributed by atoms with van der Waals surface area (Å²) in [5, 5.41) is 4.00. The summed E-state index contributed by atoms with van der Waals surface area (Å²) < 4.78 is 15.8. The van der Waals surface area contributed by atoms with Crippen LogP contribution in [0.25, 0.3) is 0 Å². The highest BCUT2D eigenvalue weighted by atomic mass is 35.5. The van der Waals surface area contributed by atoms with Crippen LogP contribution in [0, 0.1) is 0 Å². The van der Waals surface area contributed by atoms with Crippen LogP contribution in [-0.2, 0) is 16.1 Å². The predicted molar refractivity (Wildman–Crippen MR) is 114 cm³/mol.